The maximum Gasteiger partial charge on any atom is 0.0702 e. The molecule has 0 fully saturated rings. The van der Waals surface area contributed by atoms with E-state index in [0.717, 1.165) is 6.42 Å². The molecular formula is C13H17N. The maximum absolute atomic E-state index is 4.64. The molecule has 0 unspecified atom stereocenters. The molecule has 14 heavy (non-hydrogen) atoms. The standard InChI is InChI=1S/C13H17N/c1-9-8-10-6-5-7-11(12(10)14-9)13(2,3)4/h5-7H,8H2,1-4H3. The lowest BCUT2D eigenvalue weighted by Crippen LogP contribution is -2.11. The van der Waals surface area contributed by atoms with Gasteiger partial charge in [-0.15, -0.1) is 0 Å². The van der Waals surface area contributed by atoms with Crippen LogP contribution in [0.5, 0.6) is 0 Å². The van der Waals surface area contributed by atoms with Crippen molar-refractivity contribution in [3.05, 3.63) is 29.3 Å². The molecule has 1 aromatic rings. The average Bonchev–Trinajstić information content (AvgIpc) is 2.41. The van der Waals surface area contributed by atoms with Crippen LogP contribution in [0.4, 0.5) is 5.69 Å². The Morgan fingerprint density at radius 2 is 1.93 bits per heavy atom. The first kappa shape index (κ1) is 9.45. The predicted octanol–water partition coefficient (Wildman–Crippen LogP) is 3.63. The fourth-order valence-corrected chi connectivity index (χ4v) is 1.98. The summed E-state index contributed by atoms with van der Waals surface area (Å²) in [6, 6.07) is 6.53. The highest BCUT2D eigenvalue weighted by atomic mass is 14.8. The van der Waals surface area contributed by atoms with Crippen LogP contribution in [-0.2, 0) is 11.8 Å². The van der Waals surface area contributed by atoms with Crippen molar-refractivity contribution < 1.29 is 0 Å². The molecule has 0 spiro atoms. The normalized spacial score (nSPS) is 15.3. The van der Waals surface area contributed by atoms with Crippen molar-refractivity contribution in [2.45, 2.75) is 39.5 Å². The van der Waals surface area contributed by atoms with Gasteiger partial charge >= 0.3 is 0 Å². The predicted molar refractivity (Wildman–Crippen MR) is 61.6 cm³/mol. The van der Waals surface area contributed by atoms with Crippen LogP contribution in [0.1, 0.15) is 38.8 Å². The molecule has 0 amide bonds. The lowest BCUT2D eigenvalue weighted by atomic mass is 9.85. The highest BCUT2D eigenvalue weighted by molar-refractivity contribution is 5.92. The van der Waals surface area contributed by atoms with Gasteiger partial charge in [-0.25, -0.2) is 0 Å². The number of benzene rings is 1. The zero-order valence-electron chi connectivity index (χ0n) is 9.39. The summed E-state index contributed by atoms with van der Waals surface area (Å²) in [5.41, 5.74) is 5.40. The molecule has 0 saturated heterocycles. The van der Waals surface area contributed by atoms with Crippen LogP contribution in [0.3, 0.4) is 0 Å². The summed E-state index contributed by atoms with van der Waals surface area (Å²) < 4.78 is 0. The molecule has 1 nitrogen and oxygen atoms in total. The molecule has 1 heteroatoms. The van der Waals surface area contributed by atoms with Gasteiger partial charge < -0.3 is 0 Å². The number of fused-ring (bicyclic) bond motifs is 1. The lowest BCUT2D eigenvalue weighted by molar-refractivity contribution is 0.591. The first-order chi connectivity index (χ1) is 6.48. The molecule has 0 aliphatic carbocycles. The molecule has 0 N–H and O–H groups in total. The first-order valence-corrected chi connectivity index (χ1v) is 5.15. The minimum absolute atomic E-state index is 0.194. The van der Waals surface area contributed by atoms with Crippen molar-refractivity contribution in [3.8, 4) is 0 Å². The van der Waals surface area contributed by atoms with Crippen LogP contribution in [0.25, 0.3) is 0 Å². The molecule has 0 aromatic heterocycles. The molecule has 1 aliphatic heterocycles. The van der Waals surface area contributed by atoms with Gasteiger partial charge in [0.25, 0.3) is 0 Å². The molecule has 74 valence electrons. The van der Waals surface area contributed by atoms with Crippen molar-refractivity contribution in [1.29, 1.82) is 0 Å². The average molecular weight is 187 g/mol. The third-order valence-electron chi connectivity index (χ3n) is 2.68. The second kappa shape index (κ2) is 2.94. The van der Waals surface area contributed by atoms with E-state index in [0.29, 0.717) is 0 Å². The zero-order chi connectivity index (χ0) is 10.3. The number of hydrogen-bond acceptors (Lipinski definition) is 1. The van der Waals surface area contributed by atoms with E-state index in [1.165, 1.54) is 22.5 Å². The Hall–Kier alpha value is -1.11. The highest BCUT2D eigenvalue weighted by Gasteiger charge is 2.22. The monoisotopic (exact) mass is 187 g/mol. The Balaban J connectivity index is 2.59. The van der Waals surface area contributed by atoms with Crippen molar-refractivity contribution in [2.24, 2.45) is 4.99 Å². The summed E-state index contributed by atoms with van der Waals surface area (Å²) in [7, 11) is 0. The van der Waals surface area contributed by atoms with Crippen molar-refractivity contribution in [1.82, 2.24) is 0 Å². The van der Waals surface area contributed by atoms with Gasteiger partial charge in [0.05, 0.1) is 5.69 Å². The van der Waals surface area contributed by atoms with E-state index in [-0.39, 0.29) is 5.41 Å². The van der Waals surface area contributed by atoms with E-state index in [1.54, 1.807) is 0 Å². The van der Waals surface area contributed by atoms with Crippen LogP contribution in [-0.4, -0.2) is 5.71 Å². The summed E-state index contributed by atoms with van der Waals surface area (Å²) in [5, 5.41) is 0. The number of rotatable bonds is 0. The molecule has 0 atom stereocenters. The van der Waals surface area contributed by atoms with Crippen LogP contribution in [0.15, 0.2) is 23.2 Å². The van der Waals surface area contributed by atoms with Crippen molar-refractivity contribution in [2.75, 3.05) is 0 Å². The van der Waals surface area contributed by atoms with Gasteiger partial charge in [0.1, 0.15) is 0 Å². The first-order valence-electron chi connectivity index (χ1n) is 5.15. The smallest absolute Gasteiger partial charge is 0.0702 e. The Bertz CT molecular complexity index is 394. The van der Waals surface area contributed by atoms with Crippen LogP contribution in [0, 0.1) is 0 Å². The number of aliphatic imine (C=N–C) groups is 1. The summed E-state index contributed by atoms with van der Waals surface area (Å²) in [6.45, 7) is 8.83. The fraction of sp³-hybridized carbons (Fsp3) is 0.462. The van der Waals surface area contributed by atoms with Crippen molar-refractivity contribution in [3.63, 3.8) is 0 Å². The van der Waals surface area contributed by atoms with Gasteiger partial charge in [0.15, 0.2) is 0 Å². The SMILES string of the molecule is CC1=Nc2c(cccc2C(C)(C)C)C1. The summed E-state index contributed by atoms with van der Waals surface area (Å²) >= 11 is 0. The van der Waals surface area contributed by atoms with E-state index >= 15 is 0 Å². The van der Waals surface area contributed by atoms with E-state index in [1.807, 2.05) is 0 Å². The van der Waals surface area contributed by atoms with E-state index < -0.39 is 0 Å². The molecule has 1 aliphatic rings. The Morgan fingerprint density at radius 1 is 1.21 bits per heavy atom. The van der Waals surface area contributed by atoms with E-state index in [9.17, 15) is 0 Å². The summed E-state index contributed by atoms with van der Waals surface area (Å²) in [4.78, 5) is 4.64. The van der Waals surface area contributed by atoms with Crippen LogP contribution in [0.2, 0.25) is 0 Å². The minimum atomic E-state index is 0.194. The van der Waals surface area contributed by atoms with Gasteiger partial charge in [0, 0.05) is 12.1 Å². The molecular weight excluding hydrogens is 170 g/mol. The van der Waals surface area contributed by atoms with Gasteiger partial charge in [-0.1, -0.05) is 39.0 Å². The highest BCUT2D eigenvalue weighted by Crippen LogP contribution is 2.37. The largest absolute Gasteiger partial charge is 0.257 e. The van der Waals surface area contributed by atoms with Gasteiger partial charge in [-0.05, 0) is 23.5 Å². The van der Waals surface area contributed by atoms with Gasteiger partial charge in [-0.2, -0.15) is 0 Å². The second-order valence-corrected chi connectivity index (χ2v) is 5.09. The van der Waals surface area contributed by atoms with E-state index in [4.69, 9.17) is 0 Å². The number of para-hydroxylation sites is 1. The van der Waals surface area contributed by atoms with Crippen LogP contribution < -0.4 is 0 Å². The maximum atomic E-state index is 4.64. The molecule has 2 rings (SSSR count). The molecule has 0 radical (unpaired) electrons. The Labute approximate surface area is 85.9 Å². The van der Waals surface area contributed by atoms with Crippen molar-refractivity contribution >= 4 is 11.4 Å². The topological polar surface area (TPSA) is 12.4 Å². The van der Waals surface area contributed by atoms with Crippen LogP contribution >= 0.6 is 0 Å². The summed E-state index contributed by atoms with van der Waals surface area (Å²) in [6.07, 6.45) is 1.03. The van der Waals surface area contributed by atoms with Gasteiger partial charge in [0.2, 0.25) is 0 Å². The number of hydrogen-bond donors (Lipinski definition) is 0. The Morgan fingerprint density at radius 3 is 2.57 bits per heavy atom. The third-order valence-corrected chi connectivity index (χ3v) is 2.68. The fourth-order valence-electron chi connectivity index (χ4n) is 1.98. The van der Waals surface area contributed by atoms with Gasteiger partial charge in [-0.3, -0.25) is 4.99 Å². The molecule has 1 heterocycles. The Kier molecular flexibility index (Phi) is 1.99. The zero-order valence-corrected chi connectivity index (χ0v) is 9.39. The molecule has 1 aromatic carbocycles. The third kappa shape index (κ3) is 1.47. The lowest BCUT2D eigenvalue weighted by Gasteiger charge is -2.21. The second-order valence-electron chi connectivity index (χ2n) is 5.09. The molecule has 0 saturated carbocycles. The van der Waals surface area contributed by atoms with E-state index in [2.05, 4.69) is 50.9 Å². The minimum Gasteiger partial charge on any atom is -0.257 e. The quantitative estimate of drug-likeness (QED) is 0.588. The number of nitrogens with zero attached hydrogens (tertiary/aromatic N) is 1. The molecule has 0 bridgehead atoms. The summed E-state index contributed by atoms with van der Waals surface area (Å²) in [5.74, 6) is 0.